The molecule has 0 bridgehead atoms. The normalized spacial score (nSPS) is 10.2. The van der Waals surface area contributed by atoms with E-state index in [9.17, 15) is 9.90 Å². The van der Waals surface area contributed by atoms with Gasteiger partial charge in [0.1, 0.15) is 0 Å². The molecule has 0 radical (unpaired) electrons. The standard InChI is InChI=1S/C18H16N2O2.ClH/c1-11-5-3-4-6-15(11)20-17-9-12(2)19-16-8-7-13(18(21)22)10-14(16)17;/h3-10H,1-2H3,(H,19,20)(H,21,22);1H. The summed E-state index contributed by atoms with van der Waals surface area (Å²) in [5, 5.41) is 13.4. The average Bonchev–Trinajstić information content (AvgIpc) is 2.49. The van der Waals surface area contributed by atoms with Crippen molar-refractivity contribution in [1.29, 1.82) is 0 Å². The van der Waals surface area contributed by atoms with Crippen molar-refractivity contribution in [3.63, 3.8) is 0 Å². The summed E-state index contributed by atoms with van der Waals surface area (Å²) in [6.45, 7) is 3.95. The number of aromatic nitrogens is 1. The molecule has 0 amide bonds. The van der Waals surface area contributed by atoms with Gasteiger partial charge in [0.05, 0.1) is 11.1 Å². The van der Waals surface area contributed by atoms with Crippen molar-refractivity contribution in [2.24, 2.45) is 0 Å². The molecule has 5 heteroatoms. The summed E-state index contributed by atoms with van der Waals surface area (Å²) >= 11 is 0. The van der Waals surface area contributed by atoms with Crippen LogP contribution in [0.4, 0.5) is 11.4 Å². The number of pyridine rings is 1. The van der Waals surface area contributed by atoms with Gasteiger partial charge in [0.2, 0.25) is 0 Å². The van der Waals surface area contributed by atoms with Gasteiger partial charge in [-0.3, -0.25) is 4.98 Å². The van der Waals surface area contributed by atoms with E-state index in [1.807, 2.05) is 44.2 Å². The fourth-order valence-electron chi connectivity index (χ4n) is 2.45. The van der Waals surface area contributed by atoms with E-state index in [2.05, 4.69) is 10.3 Å². The average molecular weight is 329 g/mol. The lowest BCUT2D eigenvalue weighted by molar-refractivity contribution is 0.0697. The number of para-hydroxylation sites is 1. The topological polar surface area (TPSA) is 62.2 Å². The minimum atomic E-state index is -0.940. The van der Waals surface area contributed by atoms with E-state index in [0.717, 1.165) is 33.5 Å². The van der Waals surface area contributed by atoms with Gasteiger partial charge in [-0.15, -0.1) is 12.4 Å². The number of halogens is 1. The highest BCUT2D eigenvalue weighted by Crippen LogP contribution is 2.28. The maximum Gasteiger partial charge on any atom is 0.335 e. The van der Waals surface area contributed by atoms with Crippen LogP contribution in [0.2, 0.25) is 0 Å². The van der Waals surface area contributed by atoms with Crippen LogP contribution in [0, 0.1) is 13.8 Å². The second-order valence-corrected chi connectivity index (χ2v) is 5.29. The fraction of sp³-hybridized carbons (Fsp3) is 0.111. The second kappa shape index (κ2) is 6.67. The minimum Gasteiger partial charge on any atom is -0.478 e. The van der Waals surface area contributed by atoms with Crippen LogP contribution in [-0.4, -0.2) is 16.1 Å². The number of nitrogens with zero attached hydrogens (tertiary/aromatic N) is 1. The van der Waals surface area contributed by atoms with Crippen LogP contribution in [0.3, 0.4) is 0 Å². The summed E-state index contributed by atoms with van der Waals surface area (Å²) in [6.07, 6.45) is 0. The predicted octanol–water partition coefficient (Wildman–Crippen LogP) is 4.72. The van der Waals surface area contributed by atoms with Gasteiger partial charge in [0, 0.05) is 22.5 Å². The van der Waals surface area contributed by atoms with Crippen molar-refractivity contribution in [3.05, 3.63) is 65.4 Å². The van der Waals surface area contributed by atoms with Gasteiger partial charge in [0.15, 0.2) is 0 Å². The Balaban J connectivity index is 0.00000192. The maximum atomic E-state index is 11.2. The van der Waals surface area contributed by atoms with Crippen LogP contribution in [0.5, 0.6) is 0 Å². The molecule has 0 spiro atoms. The fourth-order valence-corrected chi connectivity index (χ4v) is 2.45. The third kappa shape index (κ3) is 3.43. The lowest BCUT2D eigenvalue weighted by atomic mass is 10.1. The molecular formula is C18H17ClN2O2. The predicted molar refractivity (Wildman–Crippen MR) is 95.1 cm³/mol. The quantitative estimate of drug-likeness (QED) is 0.730. The van der Waals surface area contributed by atoms with Crippen LogP contribution in [0.25, 0.3) is 10.9 Å². The molecule has 0 saturated heterocycles. The lowest BCUT2D eigenvalue weighted by Crippen LogP contribution is -1.99. The highest BCUT2D eigenvalue weighted by molar-refractivity contribution is 5.99. The summed E-state index contributed by atoms with van der Waals surface area (Å²) in [6, 6.07) is 14.9. The Labute approximate surface area is 140 Å². The largest absolute Gasteiger partial charge is 0.478 e. The number of benzene rings is 2. The Morgan fingerprint density at radius 2 is 1.78 bits per heavy atom. The number of rotatable bonds is 3. The third-order valence-corrected chi connectivity index (χ3v) is 3.60. The van der Waals surface area contributed by atoms with Crippen LogP contribution >= 0.6 is 12.4 Å². The third-order valence-electron chi connectivity index (χ3n) is 3.60. The lowest BCUT2D eigenvalue weighted by Gasteiger charge is -2.13. The molecule has 0 aliphatic heterocycles. The molecule has 2 N–H and O–H groups in total. The molecule has 3 aromatic rings. The van der Waals surface area contributed by atoms with Crippen LogP contribution < -0.4 is 5.32 Å². The second-order valence-electron chi connectivity index (χ2n) is 5.29. The molecule has 0 aliphatic rings. The molecular weight excluding hydrogens is 312 g/mol. The molecule has 4 nitrogen and oxygen atoms in total. The van der Waals surface area contributed by atoms with Crippen molar-refractivity contribution in [2.45, 2.75) is 13.8 Å². The number of carboxylic acids is 1. The van der Waals surface area contributed by atoms with Crippen LogP contribution in [0.15, 0.2) is 48.5 Å². The SMILES string of the molecule is Cc1cc(Nc2ccccc2C)c2cc(C(=O)O)ccc2n1.Cl. The van der Waals surface area contributed by atoms with E-state index >= 15 is 0 Å². The van der Waals surface area contributed by atoms with Gasteiger partial charge in [-0.05, 0) is 49.7 Å². The van der Waals surface area contributed by atoms with E-state index in [1.54, 1.807) is 18.2 Å². The first-order valence-electron chi connectivity index (χ1n) is 7.02. The molecule has 1 heterocycles. The van der Waals surface area contributed by atoms with Crippen molar-refractivity contribution in [2.75, 3.05) is 5.32 Å². The summed E-state index contributed by atoms with van der Waals surface area (Å²) in [5.41, 5.74) is 4.90. The summed E-state index contributed by atoms with van der Waals surface area (Å²) in [7, 11) is 0. The van der Waals surface area contributed by atoms with E-state index in [0.29, 0.717) is 0 Å². The molecule has 118 valence electrons. The Morgan fingerprint density at radius 3 is 2.48 bits per heavy atom. The van der Waals surface area contributed by atoms with Gasteiger partial charge >= 0.3 is 5.97 Å². The molecule has 0 atom stereocenters. The Kier molecular flexibility index (Phi) is 4.86. The zero-order valence-electron chi connectivity index (χ0n) is 12.8. The first kappa shape index (κ1) is 16.8. The smallest absolute Gasteiger partial charge is 0.335 e. The highest BCUT2D eigenvalue weighted by Gasteiger charge is 2.09. The number of carboxylic acid groups (broad SMARTS) is 1. The van der Waals surface area contributed by atoms with Crippen molar-refractivity contribution in [1.82, 2.24) is 4.98 Å². The molecule has 1 aromatic heterocycles. The number of anilines is 2. The van der Waals surface area contributed by atoms with Gasteiger partial charge in [-0.2, -0.15) is 0 Å². The van der Waals surface area contributed by atoms with Gasteiger partial charge in [0.25, 0.3) is 0 Å². The number of hydrogen-bond acceptors (Lipinski definition) is 3. The van der Waals surface area contributed by atoms with E-state index < -0.39 is 5.97 Å². The highest BCUT2D eigenvalue weighted by atomic mass is 35.5. The maximum absolute atomic E-state index is 11.2. The minimum absolute atomic E-state index is 0. The van der Waals surface area contributed by atoms with Gasteiger partial charge in [-0.25, -0.2) is 4.79 Å². The number of aromatic carboxylic acids is 1. The van der Waals surface area contributed by atoms with Gasteiger partial charge < -0.3 is 10.4 Å². The van der Waals surface area contributed by atoms with Gasteiger partial charge in [-0.1, -0.05) is 18.2 Å². The first-order chi connectivity index (χ1) is 10.5. The molecule has 0 aliphatic carbocycles. The molecule has 0 unspecified atom stereocenters. The molecule has 23 heavy (non-hydrogen) atoms. The summed E-state index contributed by atoms with van der Waals surface area (Å²) in [4.78, 5) is 15.7. The number of aryl methyl sites for hydroxylation is 2. The van der Waals surface area contributed by atoms with E-state index in [-0.39, 0.29) is 18.0 Å². The number of nitrogens with one attached hydrogen (secondary N) is 1. The zero-order valence-corrected chi connectivity index (χ0v) is 13.6. The zero-order chi connectivity index (χ0) is 15.7. The van der Waals surface area contributed by atoms with Crippen molar-refractivity contribution >= 4 is 40.7 Å². The Morgan fingerprint density at radius 1 is 1.04 bits per heavy atom. The Bertz CT molecular complexity index is 878. The summed E-state index contributed by atoms with van der Waals surface area (Å²) in [5.74, 6) is -0.940. The number of carbonyl (C=O) groups is 1. The number of hydrogen-bond donors (Lipinski definition) is 2. The van der Waals surface area contributed by atoms with Crippen molar-refractivity contribution < 1.29 is 9.90 Å². The van der Waals surface area contributed by atoms with Crippen LogP contribution in [0.1, 0.15) is 21.6 Å². The summed E-state index contributed by atoms with van der Waals surface area (Å²) < 4.78 is 0. The van der Waals surface area contributed by atoms with E-state index in [4.69, 9.17) is 0 Å². The van der Waals surface area contributed by atoms with E-state index in [1.165, 1.54) is 0 Å². The van der Waals surface area contributed by atoms with Crippen molar-refractivity contribution in [3.8, 4) is 0 Å². The van der Waals surface area contributed by atoms with Crippen LogP contribution in [-0.2, 0) is 0 Å². The molecule has 2 aromatic carbocycles. The number of fused-ring (bicyclic) bond motifs is 1. The molecule has 0 saturated carbocycles. The first-order valence-corrected chi connectivity index (χ1v) is 7.02. The molecule has 0 fully saturated rings. The Hall–Kier alpha value is -2.59. The monoisotopic (exact) mass is 328 g/mol. The molecule has 3 rings (SSSR count).